The number of hydrogen-bond donors (Lipinski definition) is 0. The number of nitrogens with zero attached hydrogens (tertiary/aromatic N) is 6. The van der Waals surface area contributed by atoms with Gasteiger partial charge < -0.3 is 19.4 Å². The van der Waals surface area contributed by atoms with E-state index in [4.69, 9.17) is 14.7 Å². The van der Waals surface area contributed by atoms with Crippen molar-refractivity contribution in [2.24, 2.45) is 5.92 Å². The molecule has 6 rings (SSSR count). The Labute approximate surface area is 235 Å². The number of aromatic nitrogens is 2. The van der Waals surface area contributed by atoms with E-state index in [0.29, 0.717) is 44.7 Å². The third kappa shape index (κ3) is 4.97. The van der Waals surface area contributed by atoms with Crippen LogP contribution in [0.5, 0.6) is 6.01 Å². The number of carbonyl (C=O) groups excluding carboxylic acids is 1. The van der Waals surface area contributed by atoms with Crippen LogP contribution in [-0.2, 0) is 17.8 Å². The first kappa shape index (κ1) is 26.1. The molecule has 1 amide bonds. The normalized spacial score (nSPS) is 19.1. The second-order valence-electron chi connectivity index (χ2n) is 11.2. The van der Waals surface area contributed by atoms with Crippen molar-refractivity contribution >= 4 is 28.2 Å². The molecule has 0 radical (unpaired) electrons. The predicted molar refractivity (Wildman–Crippen MR) is 156 cm³/mol. The highest BCUT2D eigenvalue weighted by molar-refractivity contribution is 5.97. The van der Waals surface area contributed by atoms with Crippen LogP contribution < -0.4 is 14.5 Å². The van der Waals surface area contributed by atoms with Gasteiger partial charge in [-0.1, -0.05) is 43.3 Å². The summed E-state index contributed by atoms with van der Waals surface area (Å²) in [5.41, 5.74) is 4.63. The van der Waals surface area contributed by atoms with Crippen molar-refractivity contribution in [1.82, 2.24) is 14.9 Å². The molecule has 3 heterocycles. The SMILES string of the molecule is C=CC(=O)N1CCN(c2nc(OCC3CCC3)nc3c2CCN(c2cccc4cccc(C)c24)C3)C[C@@H]1CC#N. The van der Waals surface area contributed by atoms with Gasteiger partial charge >= 0.3 is 6.01 Å². The summed E-state index contributed by atoms with van der Waals surface area (Å²) in [6.45, 7) is 9.70. The fourth-order valence-electron chi connectivity index (χ4n) is 6.28. The van der Waals surface area contributed by atoms with Crippen molar-refractivity contribution < 1.29 is 9.53 Å². The van der Waals surface area contributed by atoms with Gasteiger partial charge in [-0.25, -0.2) is 0 Å². The van der Waals surface area contributed by atoms with E-state index in [1.54, 1.807) is 4.90 Å². The Morgan fingerprint density at radius 3 is 2.73 bits per heavy atom. The Kier molecular flexibility index (Phi) is 7.29. The summed E-state index contributed by atoms with van der Waals surface area (Å²) in [6.07, 6.45) is 6.07. The molecule has 1 atom stereocenters. The molecular weight excluding hydrogens is 500 g/mol. The van der Waals surface area contributed by atoms with E-state index in [1.807, 2.05) is 0 Å². The van der Waals surface area contributed by atoms with E-state index < -0.39 is 0 Å². The number of anilines is 2. The van der Waals surface area contributed by atoms with Gasteiger partial charge in [0.1, 0.15) is 5.82 Å². The van der Waals surface area contributed by atoms with Crippen molar-refractivity contribution in [2.45, 2.75) is 51.6 Å². The van der Waals surface area contributed by atoms with Gasteiger partial charge in [0.25, 0.3) is 0 Å². The number of hydrogen-bond acceptors (Lipinski definition) is 7. The smallest absolute Gasteiger partial charge is 0.318 e. The molecule has 2 aromatic carbocycles. The zero-order valence-electron chi connectivity index (χ0n) is 23.2. The lowest BCUT2D eigenvalue weighted by atomic mass is 9.86. The van der Waals surface area contributed by atoms with Crippen molar-refractivity contribution in [1.29, 1.82) is 5.26 Å². The molecule has 0 N–H and O–H groups in total. The number of amides is 1. The largest absolute Gasteiger partial charge is 0.463 e. The summed E-state index contributed by atoms with van der Waals surface area (Å²) in [4.78, 5) is 28.8. The molecule has 1 saturated carbocycles. The van der Waals surface area contributed by atoms with Crippen LogP contribution in [0.1, 0.15) is 42.5 Å². The Morgan fingerprint density at radius 2 is 1.98 bits per heavy atom. The fraction of sp³-hybridized carbons (Fsp3) is 0.438. The van der Waals surface area contributed by atoms with Gasteiger partial charge in [-0.3, -0.25) is 4.79 Å². The lowest BCUT2D eigenvalue weighted by Crippen LogP contribution is -2.55. The number of benzene rings is 2. The fourth-order valence-corrected chi connectivity index (χ4v) is 6.28. The minimum Gasteiger partial charge on any atom is -0.463 e. The maximum absolute atomic E-state index is 12.5. The van der Waals surface area contributed by atoms with Crippen LogP contribution in [0.3, 0.4) is 0 Å². The van der Waals surface area contributed by atoms with E-state index in [1.165, 1.54) is 47.4 Å². The molecule has 2 fully saturated rings. The minimum absolute atomic E-state index is 0.129. The maximum Gasteiger partial charge on any atom is 0.318 e. The molecule has 3 aromatic rings. The summed E-state index contributed by atoms with van der Waals surface area (Å²) >= 11 is 0. The highest BCUT2D eigenvalue weighted by Crippen LogP contribution is 2.36. The second kappa shape index (κ2) is 11.2. The predicted octanol–water partition coefficient (Wildman–Crippen LogP) is 4.80. The van der Waals surface area contributed by atoms with Crippen molar-refractivity contribution in [3.8, 4) is 12.1 Å². The standard InChI is InChI=1S/C32H36N6O2/c1-3-29(39)38-18-17-37(19-25(38)13-15-33)31-26-14-16-36(28-12-6-11-24-10-4-7-22(2)30(24)28)20-27(26)34-32(35-31)40-21-23-8-5-9-23/h3-4,6-7,10-12,23,25H,1,5,8-9,13-14,16-21H2,2H3/t25-/m0/s1. The van der Waals surface area contributed by atoms with Crippen molar-refractivity contribution in [3.05, 3.63) is 65.9 Å². The van der Waals surface area contributed by atoms with Crippen LogP contribution in [-0.4, -0.2) is 59.6 Å². The first-order chi connectivity index (χ1) is 19.6. The Balaban J connectivity index is 1.34. The van der Waals surface area contributed by atoms with Gasteiger partial charge in [0.05, 0.1) is 37.4 Å². The van der Waals surface area contributed by atoms with Crippen LogP contribution in [0.4, 0.5) is 11.5 Å². The molecule has 206 valence electrons. The monoisotopic (exact) mass is 536 g/mol. The molecule has 40 heavy (non-hydrogen) atoms. The molecule has 0 spiro atoms. The summed E-state index contributed by atoms with van der Waals surface area (Å²) in [6, 6.07) is 15.4. The van der Waals surface area contributed by atoms with Gasteiger partial charge in [0.15, 0.2) is 0 Å². The molecule has 8 heteroatoms. The topological polar surface area (TPSA) is 85.6 Å². The molecule has 1 saturated heterocycles. The van der Waals surface area contributed by atoms with Gasteiger partial charge in [0.2, 0.25) is 5.91 Å². The highest BCUT2D eigenvalue weighted by atomic mass is 16.5. The van der Waals surface area contributed by atoms with Crippen LogP contribution >= 0.6 is 0 Å². The summed E-state index contributed by atoms with van der Waals surface area (Å²) in [5, 5.41) is 12.0. The summed E-state index contributed by atoms with van der Waals surface area (Å²) < 4.78 is 6.19. The molecule has 8 nitrogen and oxygen atoms in total. The molecule has 1 aliphatic carbocycles. The average Bonchev–Trinajstić information content (AvgIpc) is 2.95. The van der Waals surface area contributed by atoms with E-state index in [-0.39, 0.29) is 18.4 Å². The second-order valence-corrected chi connectivity index (χ2v) is 11.2. The summed E-state index contributed by atoms with van der Waals surface area (Å²) in [7, 11) is 0. The van der Waals surface area contributed by atoms with E-state index >= 15 is 0 Å². The zero-order valence-corrected chi connectivity index (χ0v) is 23.2. The minimum atomic E-state index is -0.215. The lowest BCUT2D eigenvalue weighted by Gasteiger charge is -2.42. The number of fused-ring (bicyclic) bond motifs is 2. The Hall–Kier alpha value is -4.12. The van der Waals surface area contributed by atoms with Crippen LogP contribution in [0.15, 0.2) is 49.1 Å². The van der Waals surface area contributed by atoms with Crippen molar-refractivity contribution in [3.63, 3.8) is 0 Å². The molecule has 1 aromatic heterocycles. The molecule has 3 aliphatic rings. The number of nitriles is 1. The first-order valence-corrected chi connectivity index (χ1v) is 14.4. The highest BCUT2D eigenvalue weighted by Gasteiger charge is 2.33. The van der Waals surface area contributed by atoms with Gasteiger partial charge in [-0.15, -0.1) is 0 Å². The van der Waals surface area contributed by atoms with Gasteiger partial charge in [-0.2, -0.15) is 15.2 Å². The van der Waals surface area contributed by atoms with Crippen LogP contribution in [0, 0.1) is 24.2 Å². The van der Waals surface area contributed by atoms with Gasteiger partial charge in [0, 0.05) is 42.8 Å². The number of piperazine rings is 1. The Bertz CT molecular complexity index is 1470. The number of aryl methyl sites for hydroxylation is 1. The number of ether oxygens (including phenoxy) is 1. The third-order valence-electron chi connectivity index (χ3n) is 8.69. The molecule has 2 aliphatic heterocycles. The Morgan fingerprint density at radius 1 is 1.15 bits per heavy atom. The summed E-state index contributed by atoms with van der Waals surface area (Å²) in [5.74, 6) is 1.33. The average molecular weight is 537 g/mol. The molecular formula is C32H36N6O2. The van der Waals surface area contributed by atoms with Crippen LogP contribution in [0.25, 0.3) is 10.8 Å². The lowest BCUT2D eigenvalue weighted by molar-refractivity contribution is -0.128. The third-order valence-corrected chi connectivity index (χ3v) is 8.69. The maximum atomic E-state index is 12.5. The number of rotatable bonds is 7. The molecule has 0 unspecified atom stereocenters. The van der Waals surface area contributed by atoms with Crippen LogP contribution in [0.2, 0.25) is 0 Å². The van der Waals surface area contributed by atoms with Gasteiger partial charge in [-0.05, 0) is 55.2 Å². The van der Waals surface area contributed by atoms with E-state index in [9.17, 15) is 10.1 Å². The van der Waals surface area contributed by atoms with E-state index in [2.05, 4.69) is 65.8 Å². The quantitative estimate of drug-likeness (QED) is 0.401. The first-order valence-electron chi connectivity index (χ1n) is 14.4. The number of carbonyl (C=O) groups is 1. The van der Waals surface area contributed by atoms with Crippen molar-refractivity contribution in [2.75, 3.05) is 42.6 Å². The zero-order chi connectivity index (χ0) is 27.6. The molecule has 0 bridgehead atoms. The van der Waals surface area contributed by atoms with E-state index in [0.717, 1.165) is 30.0 Å².